The highest BCUT2D eigenvalue weighted by Crippen LogP contribution is 2.54. The van der Waals surface area contributed by atoms with Crippen molar-refractivity contribution in [2.75, 3.05) is 13.2 Å². The summed E-state index contributed by atoms with van der Waals surface area (Å²) in [5.74, 6) is 1.96. The fourth-order valence-electron chi connectivity index (χ4n) is 5.46. The van der Waals surface area contributed by atoms with Crippen molar-refractivity contribution < 1.29 is 4.74 Å². The molecule has 2 heteroatoms. The zero-order valence-corrected chi connectivity index (χ0v) is 14.2. The van der Waals surface area contributed by atoms with Gasteiger partial charge in [-0.1, -0.05) is 39.0 Å². The van der Waals surface area contributed by atoms with Gasteiger partial charge < -0.3 is 10.1 Å². The molecule has 3 aliphatic carbocycles. The van der Waals surface area contributed by atoms with E-state index >= 15 is 0 Å². The van der Waals surface area contributed by atoms with Gasteiger partial charge in [0.1, 0.15) is 0 Å². The van der Waals surface area contributed by atoms with Crippen LogP contribution in [0.1, 0.15) is 78.1 Å². The fraction of sp³-hybridized carbons (Fsp3) is 1.00. The molecular weight excluding hydrogens is 258 g/mol. The second kappa shape index (κ2) is 7.00. The Hall–Kier alpha value is -0.0800. The van der Waals surface area contributed by atoms with Gasteiger partial charge in [-0.05, 0) is 57.4 Å². The molecule has 0 bridgehead atoms. The summed E-state index contributed by atoms with van der Waals surface area (Å²) in [4.78, 5) is 0. The van der Waals surface area contributed by atoms with Crippen molar-refractivity contribution in [3.05, 3.63) is 0 Å². The van der Waals surface area contributed by atoms with Crippen molar-refractivity contribution in [2.45, 2.75) is 90.2 Å². The van der Waals surface area contributed by atoms with Crippen molar-refractivity contribution in [3.8, 4) is 0 Å². The number of nitrogens with one attached hydrogen (secondary N) is 1. The van der Waals surface area contributed by atoms with Crippen LogP contribution in [0.3, 0.4) is 0 Å². The van der Waals surface area contributed by atoms with E-state index in [1.807, 2.05) is 0 Å². The van der Waals surface area contributed by atoms with Crippen LogP contribution in [0.25, 0.3) is 0 Å². The number of rotatable bonds is 6. The minimum atomic E-state index is 0.510. The van der Waals surface area contributed by atoms with Crippen molar-refractivity contribution >= 4 is 0 Å². The van der Waals surface area contributed by atoms with E-state index in [1.165, 1.54) is 70.8 Å². The Morgan fingerprint density at radius 1 is 1.10 bits per heavy atom. The highest BCUT2D eigenvalue weighted by Gasteiger charge is 2.56. The smallest absolute Gasteiger partial charge is 0.0661 e. The zero-order valence-electron chi connectivity index (χ0n) is 14.2. The molecule has 0 radical (unpaired) electrons. The Labute approximate surface area is 131 Å². The summed E-state index contributed by atoms with van der Waals surface area (Å²) in [5, 5.41) is 3.92. The van der Waals surface area contributed by atoms with Crippen LogP contribution in [-0.4, -0.2) is 25.3 Å². The molecule has 0 aromatic heterocycles. The van der Waals surface area contributed by atoms with Gasteiger partial charge in [-0.2, -0.15) is 0 Å². The number of hydrogen-bond donors (Lipinski definition) is 1. The first-order valence-corrected chi connectivity index (χ1v) is 9.59. The van der Waals surface area contributed by atoms with Crippen LogP contribution in [0.15, 0.2) is 0 Å². The molecule has 4 unspecified atom stereocenters. The molecular formula is C19H35NO. The maximum atomic E-state index is 6.02. The first kappa shape index (κ1) is 15.8. The Morgan fingerprint density at radius 3 is 2.62 bits per heavy atom. The quantitative estimate of drug-likeness (QED) is 0.777. The van der Waals surface area contributed by atoms with Gasteiger partial charge >= 0.3 is 0 Å². The molecule has 122 valence electrons. The molecule has 3 aliphatic rings. The van der Waals surface area contributed by atoms with E-state index in [4.69, 9.17) is 4.74 Å². The Balaban J connectivity index is 1.43. The van der Waals surface area contributed by atoms with Gasteiger partial charge in [-0.3, -0.25) is 0 Å². The minimum absolute atomic E-state index is 0.510. The van der Waals surface area contributed by atoms with Crippen molar-refractivity contribution in [2.24, 2.45) is 17.3 Å². The van der Waals surface area contributed by atoms with E-state index in [9.17, 15) is 0 Å². The lowest BCUT2D eigenvalue weighted by atomic mass is 9.60. The topological polar surface area (TPSA) is 21.3 Å². The van der Waals surface area contributed by atoms with Gasteiger partial charge in [0.25, 0.3) is 0 Å². The van der Waals surface area contributed by atoms with Crippen LogP contribution in [-0.2, 0) is 4.74 Å². The van der Waals surface area contributed by atoms with Crippen LogP contribution >= 0.6 is 0 Å². The summed E-state index contributed by atoms with van der Waals surface area (Å²) in [6.07, 6.45) is 14.7. The second-order valence-electron chi connectivity index (χ2n) is 8.05. The summed E-state index contributed by atoms with van der Waals surface area (Å²) in [6.45, 7) is 6.71. The number of hydrogen-bond acceptors (Lipinski definition) is 2. The SMILES string of the molecule is CCOC1CC(NCCC2CCCC(C)C2)C12CCCC2. The van der Waals surface area contributed by atoms with Gasteiger partial charge in [0, 0.05) is 18.1 Å². The minimum Gasteiger partial charge on any atom is -0.378 e. The van der Waals surface area contributed by atoms with Crippen molar-refractivity contribution in [3.63, 3.8) is 0 Å². The summed E-state index contributed by atoms with van der Waals surface area (Å²) in [7, 11) is 0. The van der Waals surface area contributed by atoms with E-state index in [1.54, 1.807) is 0 Å². The number of ether oxygens (including phenoxy) is 1. The highest BCUT2D eigenvalue weighted by atomic mass is 16.5. The van der Waals surface area contributed by atoms with Crippen molar-refractivity contribution in [1.82, 2.24) is 5.32 Å². The molecule has 0 amide bonds. The Bertz CT molecular complexity index is 324. The summed E-state index contributed by atoms with van der Waals surface area (Å²) in [5.41, 5.74) is 0.510. The summed E-state index contributed by atoms with van der Waals surface area (Å²) >= 11 is 0. The molecule has 2 nitrogen and oxygen atoms in total. The summed E-state index contributed by atoms with van der Waals surface area (Å²) in [6, 6.07) is 0.748. The third kappa shape index (κ3) is 3.32. The normalized spacial score (nSPS) is 38.6. The first-order valence-electron chi connectivity index (χ1n) is 9.59. The first-order chi connectivity index (χ1) is 10.2. The molecule has 1 spiro atoms. The Kier molecular flexibility index (Phi) is 5.27. The van der Waals surface area contributed by atoms with Gasteiger partial charge in [0.15, 0.2) is 0 Å². The van der Waals surface area contributed by atoms with E-state index < -0.39 is 0 Å². The second-order valence-corrected chi connectivity index (χ2v) is 8.05. The molecule has 0 aromatic rings. The largest absolute Gasteiger partial charge is 0.378 e. The highest BCUT2D eigenvalue weighted by molar-refractivity contribution is 5.09. The maximum Gasteiger partial charge on any atom is 0.0661 e. The molecule has 0 heterocycles. The van der Waals surface area contributed by atoms with Gasteiger partial charge in [0.05, 0.1) is 6.10 Å². The van der Waals surface area contributed by atoms with E-state index in [0.29, 0.717) is 11.5 Å². The van der Waals surface area contributed by atoms with Crippen molar-refractivity contribution in [1.29, 1.82) is 0 Å². The van der Waals surface area contributed by atoms with Gasteiger partial charge in [0.2, 0.25) is 0 Å². The van der Waals surface area contributed by atoms with Crippen LogP contribution in [0.2, 0.25) is 0 Å². The average molecular weight is 293 g/mol. The van der Waals surface area contributed by atoms with E-state index in [-0.39, 0.29) is 0 Å². The molecule has 3 rings (SSSR count). The van der Waals surface area contributed by atoms with Gasteiger partial charge in [-0.15, -0.1) is 0 Å². The van der Waals surface area contributed by atoms with Crippen LogP contribution in [0.5, 0.6) is 0 Å². The van der Waals surface area contributed by atoms with Crippen LogP contribution < -0.4 is 5.32 Å². The molecule has 0 aromatic carbocycles. The van der Waals surface area contributed by atoms with E-state index in [2.05, 4.69) is 19.2 Å². The molecule has 21 heavy (non-hydrogen) atoms. The van der Waals surface area contributed by atoms with Gasteiger partial charge in [-0.25, -0.2) is 0 Å². The molecule has 0 saturated heterocycles. The van der Waals surface area contributed by atoms with Crippen LogP contribution in [0.4, 0.5) is 0 Å². The fourth-order valence-corrected chi connectivity index (χ4v) is 5.46. The third-order valence-electron chi connectivity index (χ3n) is 6.68. The summed E-state index contributed by atoms with van der Waals surface area (Å²) < 4.78 is 6.02. The molecule has 3 saturated carbocycles. The van der Waals surface area contributed by atoms with E-state index in [0.717, 1.165) is 24.5 Å². The lowest BCUT2D eigenvalue weighted by molar-refractivity contribution is -0.130. The molecule has 3 fully saturated rings. The molecule has 4 atom stereocenters. The predicted octanol–water partition coefficient (Wildman–Crippen LogP) is 4.53. The van der Waals surface area contributed by atoms with Crippen LogP contribution in [0, 0.1) is 17.3 Å². The Morgan fingerprint density at radius 2 is 1.90 bits per heavy atom. The predicted molar refractivity (Wildman–Crippen MR) is 88.5 cm³/mol. The molecule has 0 aliphatic heterocycles. The maximum absolute atomic E-state index is 6.02. The lowest BCUT2D eigenvalue weighted by Crippen LogP contribution is -2.62. The zero-order chi connectivity index (χ0) is 14.7. The third-order valence-corrected chi connectivity index (χ3v) is 6.68. The molecule has 1 N–H and O–H groups in total. The lowest BCUT2D eigenvalue weighted by Gasteiger charge is -2.54. The monoisotopic (exact) mass is 293 g/mol. The average Bonchev–Trinajstić information content (AvgIpc) is 2.98. The standard InChI is InChI=1S/C19H35NO/c1-3-21-18-14-17(19(18)10-4-5-11-19)20-12-9-16-8-6-7-15(2)13-16/h15-18,20H,3-14H2,1-2H3.